The predicted molar refractivity (Wildman–Crippen MR) is 94.6 cm³/mol. The van der Waals surface area contributed by atoms with Gasteiger partial charge >= 0.3 is 5.97 Å². The zero-order valence-electron chi connectivity index (χ0n) is 12.7. The number of carbonyl (C=O) groups excluding carboxylic acids is 1. The van der Waals surface area contributed by atoms with Gasteiger partial charge in [0.1, 0.15) is 6.54 Å². The van der Waals surface area contributed by atoms with Crippen LogP contribution in [0.5, 0.6) is 0 Å². The van der Waals surface area contributed by atoms with Gasteiger partial charge in [0, 0.05) is 12.2 Å². The number of anilines is 1. The maximum Gasteiger partial charge on any atom is 0.323 e. The van der Waals surface area contributed by atoms with Crippen LogP contribution in [0.25, 0.3) is 0 Å². The van der Waals surface area contributed by atoms with Crippen molar-refractivity contribution in [2.75, 3.05) is 18.0 Å². The summed E-state index contributed by atoms with van der Waals surface area (Å²) >= 11 is 11.8. The Morgan fingerprint density at radius 2 is 1.71 bits per heavy atom. The second kappa shape index (κ2) is 8.57. The average Bonchev–Trinajstić information content (AvgIpc) is 2.56. The minimum Gasteiger partial charge on any atom is -0.480 e. The molecule has 0 heterocycles. The highest BCUT2D eigenvalue weighted by Crippen LogP contribution is 2.22. The lowest BCUT2D eigenvalue weighted by Gasteiger charge is -2.22. The number of nitrogens with zero attached hydrogens (tertiary/aromatic N) is 1. The van der Waals surface area contributed by atoms with Crippen LogP contribution in [0.15, 0.2) is 48.5 Å². The van der Waals surface area contributed by atoms with Crippen LogP contribution in [0.3, 0.4) is 0 Å². The lowest BCUT2D eigenvalue weighted by molar-refractivity contribution is -0.135. The molecule has 0 atom stereocenters. The van der Waals surface area contributed by atoms with E-state index in [-0.39, 0.29) is 25.5 Å². The van der Waals surface area contributed by atoms with Crippen molar-refractivity contribution in [1.82, 2.24) is 5.32 Å². The Balaban J connectivity index is 1.97. The Labute approximate surface area is 149 Å². The maximum atomic E-state index is 12.1. The molecule has 0 radical (unpaired) electrons. The highest BCUT2D eigenvalue weighted by atomic mass is 35.5. The molecule has 0 unspecified atom stereocenters. The number of para-hydroxylation sites is 1. The minimum atomic E-state index is -1.00. The van der Waals surface area contributed by atoms with Crippen molar-refractivity contribution in [1.29, 1.82) is 0 Å². The molecular weight excluding hydrogens is 351 g/mol. The second-order valence-corrected chi connectivity index (χ2v) is 5.92. The summed E-state index contributed by atoms with van der Waals surface area (Å²) in [6, 6.07) is 14.0. The van der Waals surface area contributed by atoms with Crippen molar-refractivity contribution in [2.45, 2.75) is 6.54 Å². The summed E-state index contributed by atoms with van der Waals surface area (Å²) in [5, 5.41) is 12.6. The van der Waals surface area contributed by atoms with Crippen LogP contribution in [-0.4, -0.2) is 30.1 Å². The zero-order chi connectivity index (χ0) is 17.5. The van der Waals surface area contributed by atoms with E-state index in [1.807, 2.05) is 6.07 Å². The van der Waals surface area contributed by atoms with Crippen LogP contribution >= 0.6 is 23.2 Å². The number of carbonyl (C=O) groups is 2. The second-order valence-electron chi connectivity index (χ2n) is 5.11. The summed E-state index contributed by atoms with van der Waals surface area (Å²) in [5.74, 6) is -1.29. The molecule has 0 saturated carbocycles. The van der Waals surface area contributed by atoms with Gasteiger partial charge in [-0.15, -0.1) is 0 Å². The van der Waals surface area contributed by atoms with Gasteiger partial charge in [-0.1, -0.05) is 47.5 Å². The van der Waals surface area contributed by atoms with Crippen molar-refractivity contribution in [3.63, 3.8) is 0 Å². The molecule has 0 spiro atoms. The summed E-state index contributed by atoms with van der Waals surface area (Å²) in [6.45, 7) is -0.0345. The van der Waals surface area contributed by atoms with E-state index < -0.39 is 5.97 Å². The monoisotopic (exact) mass is 366 g/mol. The Hall–Kier alpha value is -2.24. The molecule has 24 heavy (non-hydrogen) atoms. The molecule has 1 amide bonds. The predicted octanol–water partition coefficient (Wildman–Crippen LogP) is 3.20. The quantitative estimate of drug-likeness (QED) is 0.789. The van der Waals surface area contributed by atoms with Gasteiger partial charge in [-0.2, -0.15) is 0 Å². The molecular formula is C17H16Cl2N2O3. The smallest absolute Gasteiger partial charge is 0.323 e. The molecule has 0 bridgehead atoms. The third-order valence-corrected chi connectivity index (χ3v) is 3.99. The molecule has 0 aliphatic heterocycles. The Morgan fingerprint density at radius 3 is 2.33 bits per heavy atom. The topological polar surface area (TPSA) is 69.6 Å². The molecule has 0 aromatic heterocycles. The van der Waals surface area contributed by atoms with E-state index >= 15 is 0 Å². The van der Waals surface area contributed by atoms with E-state index in [0.717, 1.165) is 5.56 Å². The van der Waals surface area contributed by atoms with Crippen LogP contribution < -0.4 is 10.2 Å². The van der Waals surface area contributed by atoms with E-state index in [4.69, 9.17) is 28.3 Å². The zero-order valence-corrected chi connectivity index (χ0v) is 14.2. The lowest BCUT2D eigenvalue weighted by atomic mass is 10.2. The first-order chi connectivity index (χ1) is 11.5. The van der Waals surface area contributed by atoms with E-state index in [2.05, 4.69) is 5.32 Å². The van der Waals surface area contributed by atoms with Gasteiger partial charge in [-0.05, 0) is 29.8 Å². The van der Waals surface area contributed by atoms with E-state index in [9.17, 15) is 9.59 Å². The third-order valence-electron chi connectivity index (χ3n) is 3.26. The standard InChI is InChI=1S/C17H16Cl2N2O3/c18-14-7-6-12(8-15(14)19)9-20-16(22)10-21(11-17(23)24)13-4-2-1-3-5-13/h1-8H,9-11H2,(H,20,22)(H,23,24). The Bertz CT molecular complexity index is 723. The molecule has 0 aliphatic rings. The number of rotatable bonds is 7. The Kier molecular flexibility index (Phi) is 6.46. The van der Waals surface area contributed by atoms with E-state index in [1.54, 1.807) is 42.5 Å². The van der Waals surface area contributed by atoms with Crippen molar-refractivity contribution in [2.24, 2.45) is 0 Å². The summed E-state index contributed by atoms with van der Waals surface area (Å²) < 4.78 is 0. The number of hydrogen-bond acceptors (Lipinski definition) is 3. The van der Waals surface area contributed by atoms with Crippen LogP contribution in [-0.2, 0) is 16.1 Å². The maximum absolute atomic E-state index is 12.1. The van der Waals surface area contributed by atoms with Crippen molar-refractivity contribution in [3.05, 3.63) is 64.1 Å². The van der Waals surface area contributed by atoms with Crippen molar-refractivity contribution < 1.29 is 14.7 Å². The largest absolute Gasteiger partial charge is 0.480 e. The number of benzene rings is 2. The van der Waals surface area contributed by atoms with E-state index in [1.165, 1.54) is 4.90 Å². The number of aliphatic carboxylic acids is 1. The van der Waals surface area contributed by atoms with Crippen molar-refractivity contribution >= 4 is 40.8 Å². The minimum absolute atomic E-state index is 0.0579. The summed E-state index contributed by atoms with van der Waals surface area (Å²) in [4.78, 5) is 24.6. The van der Waals surface area contributed by atoms with Crippen LogP contribution in [0.4, 0.5) is 5.69 Å². The van der Waals surface area contributed by atoms with Gasteiger partial charge in [0.2, 0.25) is 5.91 Å². The SMILES string of the molecule is O=C(O)CN(CC(=O)NCc1ccc(Cl)c(Cl)c1)c1ccccc1. The first-order valence-electron chi connectivity index (χ1n) is 7.18. The number of amides is 1. The molecule has 2 aromatic rings. The highest BCUT2D eigenvalue weighted by Gasteiger charge is 2.14. The molecule has 2 rings (SSSR count). The van der Waals surface area contributed by atoms with Gasteiger partial charge in [0.15, 0.2) is 0 Å². The molecule has 0 aliphatic carbocycles. The first kappa shape index (κ1) is 18.1. The average molecular weight is 367 g/mol. The number of hydrogen-bond donors (Lipinski definition) is 2. The summed E-state index contributed by atoms with van der Waals surface area (Å²) in [5.41, 5.74) is 1.48. The number of carboxylic acid groups (broad SMARTS) is 1. The highest BCUT2D eigenvalue weighted by molar-refractivity contribution is 6.42. The molecule has 2 aromatic carbocycles. The molecule has 7 heteroatoms. The van der Waals surface area contributed by atoms with Crippen LogP contribution in [0.2, 0.25) is 10.0 Å². The molecule has 0 saturated heterocycles. The summed E-state index contributed by atoms with van der Waals surface area (Å²) in [7, 11) is 0. The summed E-state index contributed by atoms with van der Waals surface area (Å²) in [6.07, 6.45) is 0. The molecule has 0 fully saturated rings. The van der Waals surface area contributed by atoms with Gasteiger partial charge in [-0.3, -0.25) is 9.59 Å². The normalized spacial score (nSPS) is 10.2. The number of halogens is 2. The molecule has 2 N–H and O–H groups in total. The molecule has 5 nitrogen and oxygen atoms in total. The van der Waals surface area contributed by atoms with Gasteiger partial charge in [0.25, 0.3) is 0 Å². The number of nitrogens with one attached hydrogen (secondary N) is 1. The van der Waals surface area contributed by atoms with Gasteiger partial charge < -0.3 is 15.3 Å². The van der Waals surface area contributed by atoms with Crippen LogP contribution in [0, 0.1) is 0 Å². The number of carboxylic acids is 1. The van der Waals surface area contributed by atoms with Crippen molar-refractivity contribution in [3.8, 4) is 0 Å². The van der Waals surface area contributed by atoms with Crippen LogP contribution in [0.1, 0.15) is 5.56 Å². The van der Waals surface area contributed by atoms with Gasteiger partial charge in [-0.25, -0.2) is 0 Å². The third kappa shape index (κ3) is 5.44. The van der Waals surface area contributed by atoms with Gasteiger partial charge in [0.05, 0.1) is 16.6 Å². The first-order valence-corrected chi connectivity index (χ1v) is 7.93. The Morgan fingerprint density at radius 1 is 1.00 bits per heavy atom. The molecule has 126 valence electrons. The van der Waals surface area contributed by atoms with E-state index in [0.29, 0.717) is 15.7 Å². The fourth-order valence-electron chi connectivity index (χ4n) is 2.12. The fourth-order valence-corrected chi connectivity index (χ4v) is 2.44. The lowest BCUT2D eigenvalue weighted by Crippen LogP contribution is -2.39. The fraction of sp³-hybridized carbons (Fsp3) is 0.176.